The maximum Gasteiger partial charge on any atom is 1.00 e. The Labute approximate surface area is 219 Å². The number of carboxylic acid groups (broad SMARTS) is 2. The van der Waals surface area contributed by atoms with Crippen molar-refractivity contribution < 1.29 is 82.1 Å². The van der Waals surface area contributed by atoms with Crippen LogP contribution in [0.5, 0.6) is 0 Å². The van der Waals surface area contributed by atoms with Gasteiger partial charge in [-0.2, -0.15) is 0 Å². The molecule has 7 heteroatoms. The van der Waals surface area contributed by atoms with E-state index >= 15 is 0 Å². The quantitative estimate of drug-likeness (QED) is 0.127. The van der Waals surface area contributed by atoms with Gasteiger partial charge in [0, 0.05) is 5.57 Å². The molecular weight excluding hydrogens is 399 g/mol. The van der Waals surface area contributed by atoms with Crippen LogP contribution in [0, 0.1) is 5.92 Å². The van der Waals surface area contributed by atoms with Gasteiger partial charge in [0.2, 0.25) is 0 Å². The normalized spacial score (nSPS) is 13.1. The maximum atomic E-state index is 11.8. The summed E-state index contributed by atoms with van der Waals surface area (Å²) in [6.07, 6.45) is 10.2. The van der Waals surface area contributed by atoms with E-state index in [2.05, 4.69) is 13.5 Å². The minimum absolute atomic E-state index is 0. The van der Waals surface area contributed by atoms with Crippen molar-refractivity contribution in [3.8, 4) is 0 Å². The topological polar surface area (TPSA) is 101 Å². The van der Waals surface area contributed by atoms with Crippen molar-refractivity contribution in [2.75, 3.05) is 0 Å². The summed E-state index contributed by atoms with van der Waals surface area (Å²) in [7, 11) is 0. The Morgan fingerprint density at radius 3 is 2.00 bits per heavy atom. The zero-order chi connectivity index (χ0) is 21.5. The van der Waals surface area contributed by atoms with Crippen LogP contribution in [0.25, 0.3) is 0 Å². The summed E-state index contributed by atoms with van der Waals surface area (Å²) in [5, 5.41) is 18.5. The number of allylic oxidation sites excluding steroid dienone is 1. The number of unbranched alkanes of at least 4 members (excludes halogenated alkanes) is 8. The van der Waals surface area contributed by atoms with Gasteiger partial charge in [-0.05, 0) is 32.3 Å². The number of carbonyl (C=O) groups excluding carboxylic acids is 1. The monoisotopic (exact) mass is 436 g/mol. The van der Waals surface area contributed by atoms with Gasteiger partial charge in [-0.1, -0.05) is 64.5 Å². The second kappa shape index (κ2) is 18.3. The molecule has 0 bridgehead atoms. The Balaban J connectivity index is -0.00000364. The van der Waals surface area contributed by atoms with Gasteiger partial charge in [-0.3, -0.25) is 9.59 Å². The van der Waals surface area contributed by atoms with Crippen molar-refractivity contribution in [2.45, 2.75) is 91.1 Å². The number of ether oxygens (including phenoxy) is 1. The number of aliphatic carboxylic acids is 2. The summed E-state index contributed by atoms with van der Waals surface area (Å²) in [6.45, 7) is 8.77. The molecule has 2 unspecified atom stereocenters. The first-order valence-corrected chi connectivity index (χ1v) is 10.2. The molecule has 0 aromatic heterocycles. The molecule has 0 aliphatic rings. The number of carbonyl (C=O) groups is 3. The van der Waals surface area contributed by atoms with E-state index in [0.29, 0.717) is 12.0 Å². The second-order valence-corrected chi connectivity index (χ2v) is 7.28. The number of esters is 1. The molecule has 0 aliphatic carbocycles. The fourth-order valence-corrected chi connectivity index (χ4v) is 2.99. The Hall–Kier alpha value is -0.474. The summed E-state index contributed by atoms with van der Waals surface area (Å²) in [4.78, 5) is 34.5. The average molecular weight is 437 g/mol. The van der Waals surface area contributed by atoms with Gasteiger partial charge >= 0.3 is 69.3 Å². The molecule has 0 spiro atoms. The molecule has 0 aliphatic heterocycles. The fourth-order valence-electron chi connectivity index (χ4n) is 2.99. The number of hydrogen-bond acceptors (Lipinski definition) is 4. The molecule has 0 saturated heterocycles. The Bertz CT molecular complexity index is 562. The van der Waals surface area contributed by atoms with Gasteiger partial charge in [-0.25, -0.2) is 4.79 Å². The van der Waals surface area contributed by atoms with E-state index in [-0.39, 0.29) is 58.4 Å². The summed E-state index contributed by atoms with van der Waals surface area (Å²) < 4.78 is 5.26. The average Bonchev–Trinajstić information content (AvgIpc) is 2.61. The Morgan fingerprint density at radius 1 is 1.03 bits per heavy atom. The first kappa shape index (κ1) is 30.7. The molecule has 0 rings (SSSR count). The predicted molar refractivity (Wildman–Crippen MR) is 110 cm³/mol. The molecule has 0 amide bonds. The van der Waals surface area contributed by atoms with E-state index in [1.807, 2.05) is 0 Å². The molecule has 2 atom stereocenters. The first-order chi connectivity index (χ1) is 13.2. The van der Waals surface area contributed by atoms with Crippen LogP contribution in [0.4, 0.5) is 0 Å². The first-order valence-electron chi connectivity index (χ1n) is 10.2. The molecule has 0 heterocycles. The van der Waals surface area contributed by atoms with Gasteiger partial charge in [0.25, 0.3) is 0 Å². The van der Waals surface area contributed by atoms with Crippen LogP contribution in [0.2, 0.25) is 0 Å². The van der Waals surface area contributed by atoms with Gasteiger partial charge in [-0.15, -0.1) is 0 Å². The van der Waals surface area contributed by atoms with E-state index < -0.39 is 36.4 Å². The number of rotatable bonds is 16. The van der Waals surface area contributed by atoms with Crippen LogP contribution in [-0.4, -0.2) is 34.2 Å². The predicted octanol–water partition coefficient (Wildman–Crippen LogP) is 2.24. The van der Waals surface area contributed by atoms with Crippen LogP contribution < -0.4 is 51.4 Å². The van der Waals surface area contributed by atoms with E-state index in [0.717, 1.165) is 19.3 Å². The summed E-state index contributed by atoms with van der Waals surface area (Å²) in [6, 6.07) is 0. The van der Waals surface area contributed by atoms with Crippen molar-refractivity contribution in [1.82, 2.24) is 0 Å². The van der Waals surface area contributed by atoms with Crippen LogP contribution in [0.1, 0.15) is 86.4 Å². The number of carboxylic acids is 2. The third kappa shape index (κ3) is 15.0. The van der Waals surface area contributed by atoms with Crippen molar-refractivity contribution in [3.05, 3.63) is 23.8 Å². The summed E-state index contributed by atoms with van der Waals surface area (Å²) in [5.74, 6) is -4.28. The largest absolute Gasteiger partial charge is 1.00 e. The van der Waals surface area contributed by atoms with Gasteiger partial charge < -0.3 is 16.4 Å². The fraction of sp³-hybridized carbons (Fsp3) is 0.682. The smallest absolute Gasteiger partial charge is 1.00 e. The van der Waals surface area contributed by atoms with Crippen molar-refractivity contribution >= 4 is 17.9 Å². The molecule has 6 nitrogen and oxygen atoms in total. The third-order valence-corrected chi connectivity index (χ3v) is 4.62. The molecule has 2 N–H and O–H groups in total. The molecule has 29 heavy (non-hydrogen) atoms. The van der Waals surface area contributed by atoms with E-state index in [9.17, 15) is 19.5 Å². The molecule has 0 aromatic carbocycles. The maximum absolute atomic E-state index is 11.8. The molecule has 0 saturated carbocycles. The molecule has 162 valence electrons. The van der Waals surface area contributed by atoms with Crippen molar-refractivity contribution in [3.63, 3.8) is 0 Å². The van der Waals surface area contributed by atoms with Gasteiger partial charge in [0.15, 0.2) is 0 Å². The number of hydrogen-bond donors (Lipinski definition) is 2. The zero-order valence-electron chi connectivity index (χ0n) is 19.5. The summed E-state index contributed by atoms with van der Waals surface area (Å²) in [5.41, 5.74) is 0.534. The Kier molecular flexibility index (Phi) is 19.4. The SMILES string of the molecule is C=C(C)C(=O)OC(C)C(=CCCCCCCCCCC)C(CC(=O)O)C(=O)O.[H-].[K+]. The zero-order valence-corrected chi connectivity index (χ0v) is 21.7. The molecule has 0 aromatic rings. The summed E-state index contributed by atoms with van der Waals surface area (Å²) >= 11 is 0. The van der Waals surface area contributed by atoms with Crippen molar-refractivity contribution in [1.29, 1.82) is 0 Å². The third-order valence-electron chi connectivity index (χ3n) is 4.62. The van der Waals surface area contributed by atoms with Crippen LogP contribution in [0.3, 0.4) is 0 Å². The van der Waals surface area contributed by atoms with E-state index in [1.165, 1.54) is 39.0 Å². The molecule has 0 radical (unpaired) electrons. The minimum Gasteiger partial charge on any atom is -1.00 e. The van der Waals surface area contributed by atoms with Gasteiger partial charge in [0.1, 0.15) is 6.10 Å². The van der Waals surface area contributed by atoms with Crippen molar-refractivity contribution in [2.24, 2.45) is 5.92 Å². The molecule has 0 fully saturated rings. The van der Waals surface area contributed by atoms with Crippen LogP contribution in [0.15, 0.2) is 23.8 Å². The van der Waals surface area contributed by atoms with Crippen LogP contribution in [-0.2, 0) is 19.1 Å². The second-order valence-electron chi connectivity index (χ2n) is 7.28. The van der Waals surface area contributed by atoms with Crippen LogP contribution >= 0.6 is 0 Å². The standard InChI is InChI=1S/C22H36O6.K.H/c1-5-6-7-8-9-10-11-12-13-14-18(17(4)28-22(27)16(2)3)19(21(25)26)15-20(23)24;;/h14,17,19H,2,5-13,15H2,1,3-4H3,(H,23,24)(H,25,26);;/q;+1;-1. The van der Waals surface area contributed by atoms with E-state index in [1.54, 1.807) is 13.0 Å². The minimum atomic E-state index is -1.23. The Morgan fingerprint density at radius 2 is 1.55 bits per heavy atom. The van der Waals surface area contributed by atoms with Gasteiger partial charge in [0.05, 0.1) is 12.3 Å². The molecular formula is C22H37KO6. The van der Waals surface area contributed by atoms with E-state index in [4.69, 9.17) is 9.84 Å².